The number of methoxy groups -OCH3 is 4. The summed E-state index contributed by atoms with van der Waals surface area (Å²) in [6, 6.07) is 9.88. The third kappa shape index (κ3) is 7.15. The number of ether oxygens (including phenoxy) is 4. The van der Waals surface area contributed by atoms with Crippen molar-refractivity contribution in [2.24, 2.45) is 5.92 Å². The molecular weight excluding hydrogens is 496 g/mol. The molecular formula is C31H44N2O6. The molecule has 2 aromatic rings. The van der Waals surface area contributed by atoms with E-state index in [9.17, 15) is 15.2 Å². The van der Waals surface area contributed by atoms with Crippen LogP contribution in [0.4, 0.5) is 0 Å². The number of likely N-dealkylation sites (N-methyl/N-ethyl adjacent to an activating group) is 1. The maximum Gasteiger partial charge on any atom is 0.336 e. The Hall–Kier alpha value is -3.44. The van der Waals surface area contributed by atoms with Crippen LogP contribution in [0.3, 0.4) is 0 Å². The summed E-state index contributed by atoms with van der Waals surface area (Å²) in [6.07, 6.45) is 3.60. The van der Waals surface area contributed by atoms with Gasteiger partial charge in [0.2, 0.25) is 0 Å². The zero-order valence-corrected chi connectivity index (χ0v) is 24.7. The lowest BCUT2D eigenvalue weighted by atomic mass is 9.69. The highest BCUT2D eigenvalue weighted by atomic mass is 16.5. The first kappa shape index (κ1) is 31.8. The number of carboxylic acids is 1. The summed E-state index contributed by atoms with van der Waals surface area (Å²) in [5.41, 5.74) is 2.17. The highest BCUT2D eigenvalue weighted by molar-refractivity contribution is 5.91. The molecule has 1 N–H and O–H groups in total. The van der Waals surface area contributed by atoms with Crippen LogP contribution in [0.5, 0.6) is 23.0 Å². The third-order valence-corrected chi connectivity index (χ3v) is 7.56. The van der Waals surface area contributed by atoms with E-state index in [0.717, 1.165) is 36.1 Å². The number of nitrogens with zero attached hydrogens (tertiary/aromatic N) is 2. The summed E-state index contributed by atoms with van der Waals surface area (Å²) >= 11 is 0. The highest BCUT2D eigenvalue weighted by Crippen LogP contribution is 2.41. The molecule has 214 valence electrons. The van der Waals surface area contributed by atoms with E-state index in [1.807, 2.05) is 25.2 Å². The van der Waals surface area contributed by atoms with Crippen LogP contribution in [0.1, 0.15) is 67.1 Å². The Labute approximate surface area is 233 Å². The largest absolute Gasteiger partial charge is 0.493 e. The van der Waals surface area contributed by atoms with Crippen molar-refractivity contribution >= 4 is 5.97 Å². The Morgan fingerprint density at radius 2 is 1.64 bits per heavy atom. The lowest BCUT2D eigenvalue weighted by Gasteiger charge is -2.32. The number of carbonyl (C=O) groups is 1. The molecule has 0 aliphatic rings. The van der Waals surface area contributed by atoms with Crippen molar-refractivity contribution in [1.29, 1.82) is 5.26 Å². The summed E-state index contributed by atoms with van der Waals surface area (Å²) in [5.74, 6) is 1.40. The SMILES string of the molecule is CCCc1c(CCN(C)CCCC(C#N)(c2ccc(OC)c(OC)c2)C(C)C)c(C(=O)O)cc(OC)c1OC. The van der Waals surface area contributed by atoms with Gasteiger partial charge in [0.25, 0.3) is 0 Å². The van der Waals surface area contributed by atoms with Gasteiger partial charge in [-0.05, 0) is 74.5 Å². The molecule has 0 radical (unpaired) electrons. The van der Waals surface area contributed by atoms with Gasteiger partial charge in [0.15, 0.2) is 23.0 Å². The molecule has 0 fully saturated rings. The van der Waals surface area contributed by atoms with E-state index in [1.165, 1.54) is 7.11 Å². The second-order valence-electron chi connectivity index (χ2n) is 10.1. The van der Waals surface area contributed by atoms with Gasteiger partial charge >= 0.3 is 5.97 Å². The number of rotatable bonds is 16. The Balaban J connectivity index is 2.22. The zero-order valence-electron chi connectivity index (χ0n) is 24.7. The fourth-order valence-electron chi connectivity index (χ4n) is 5.27. The van der Waals surface area contributed by atoms with Crippen LogP contribution >= 0.6 is 0 Å². The summed E-state index contributed by atoms with van der Waals surface area (Å²) in [4.78, 5) is 14.3. The molecule has 8 heteroatoms. The Bertz CT molecular complexity index is 1160. The quantitative estimate of drug-likeness (QED) is 0.287. The molecule has 8 nitrogen and oxygen atoms in total. The highest BCUT2D eigenvalue weighted by Gasteiger charge is 2.36. The molecule has 0 heterocycles. The Kier molecular flexibility index (Phi) is 11.9. The van der Waals surface area contributed by atoms with E-state index in [4.69, 9.17) is 18.9 Å². The molecule has 2 rings (SSSR count). The molecule has 1 unspecified atom stereocenters. The summed E-state index contributed by atoms with van der Waals surface area (Å²) in [6.45, 7) is 7.64. The predicted molar refractivity (Wildman–Crippen MR) is 153 cm³/mol. The molecule has 0 aromatic heterocycles. The minimum Gasteiger partial charge on any atom is -0.493 e. The summed E-state index contributed by atoms with van der Waals surface area (Å²) in [7, 11) is 8.33. The molecule has 0 amide bonds. The fraction of sp³-hybridized carbons (Fsp3) is 0.548. The van der Waals surface area contributed by atoms with E-state index < -0.39 is 11.4 Å². The normalized spacial score (nSPS) is 12.6. The number of benzene rings is 2. The van der Waals surface area contributed by atoms with E-state index in [-0.39, 0.29) is 11.5 Å². The van der Waals surface area contributed by atoms with Crippen LogP contribution in [0.2, 0.25) is 0 Å². The monoisotopic (exact) mass is 540 g/mol. The number of hydrogen-bond acceptors (Lipinski definition) is 7. The molecule has 39 heavy (non-hydrogen) atoms. The summed E-state index contributed by atoms with van der Waals surface area (Å²) in [5, 5.41) is 20.3. The van der Waals surface area contributed by atoms with E-state index in [1.54, 1.807) is 27.4 Å². The van der Waals surface area contributed by atoms with E-state index in [2.05, 4.69) is 31.7 Å². The number of carboxylic acid groups (broad SMARTS) is 1. The van der Waals surface area contributed by atoms with E-state index >= 15 is 0 Å². The molecule has 0 saturated heterocycles. The second-order valence-corrected chi connectivity index (χ2v) is 10.1. The average molecular weight is 541 g/mol. The van der Waals surface area contributed by atoms with Gasteiger partial charge in [-0.3, -0.25) is 0 Å². The van der Waals surface area contributed by atoms with Crippen molar-refractivity contribution in [2.75, 3.05) is 48.6 Å². The van der Waals surface area contributed by atoms with Crippen LogP contribution in [0, 0.1) is 17.2 Å². The van der Waals surface area contributed by atoms with Crippen LogP contribution in [-0.2, 0) is 18.3 Å². The van der Waals surface area contributed by atoms with Crippen LogP contribution in [-0.4, -0.2) is 64.6 Å². The maximum absolute atomic E-state index is 12.1. The van der Waals surface area contributed by atoms with Crippen molar-refractivity contribution in [3.05, 3.63) is 46.5 Å². The maximum atomic E-state index is 12.1. The third-order valence-electron chi connectivity index (χ3n) is 7.56. The lowest BCUT2D eigenvalue weighted by molar-refractivity contribution is 0.0694. The number of hydrogen-bond donors (Lipinski definition) is 1. The number of nitriles is 1. The van der Waals surface area contributed by atoms with Crippen molar-refractivity contribution in [2.45, 2.75) is 58.3 Å². The smallest absolute Gasteiger partial charge is 0.336 e. The van der Waals surface area contributed by atoms with Gasteiger partial charge in [-0.2, -0.15) is 5.26 Å². The first-order valence-corrected chi connectivity index (χ1v) is 13.5. The van der Waals surface area contributed by atoms with E-state index in [0.29, 0.717) is 48.8 Å². The number of aromatic carboxylic acids is 1. The minimum atomic E-state index is -0.975. The molecule has 0 aliphatic carbocycles. The molecule has 1 atom stereocenters. The Morgan fingerprint density at radius 1 is 0.974 bits per heavy atom. The van der Waals surface area contributed by atoms with Crippen molar-refractivity contribution < 1.29 is 28.8 Å². The van der Waals surface area contributed by atoms with Crippen LogP contribution < -0.4 is 18.9 Å². The minimum absolute atomic E-state index is 0.0902. The van der Waals surface area contributed by atoms with Gasteiger partial charge in [-0.15, -0.1) is 0 Å². The molecule has 0 saturated carbocycles. The lowest BCUT2D eigenvalue weighted by Crippen LogP contribution is -2.32. The van der Waals surface area contributed by atoms with Crippen molar-refractivity contribution in [1.82, 2.24) is 4.90 Å². The van der Waals surface area contributed by atoms with Gasteiger partial charge in [0, 0.05) is 12.1 Å². The molecule has 0 spiro atoms. The molecule has 2 aromatic carbocycles. The average Bonchev–Trinajstić information content (AvgIpc) is 2.93. The van der Waals surface area contributed by atoms with Gasteiger partial charge in [-0.1, -0.05) is 33.3 Å². The first-order valence-electron chi connectivity index (χ1n) is 13.5. The van der Waals surface area contributed by atoms with Gasteiger partial charge in [-0.25, -0.2) is 4.79 Å². The summed E-state index contributed by atoms with van der Waals surface area (Å²) < 4.78 is 21.9. The van der Waals surface area contributed by atoms with Crippen LogP contribution in [0.25, 0.3) is 0 Å². The van der Waals surface area contributed by atoms with Gasteiger partial charge in [0.1, 0.15) is 0 Å². The van der Waals surface area contributed by atoms with Gasteiger partial charge < -0.3 is 29.0 Å². The van der Waals surface area contributed by atoms with Crippen molar-refractivity contribution in [3.63, 3.8) is 0 Å². The topological polar surface area (TPSA) is 101 Å². The van der Waals surface area contributed by atoms with Crippen LogP contribution in [0.15, 0.2) is 24.3 Å². The standard InChI is InChI=1S/C31H44N2O6/c1-9-11-24-23(25(30(34)35)19-28(38-7)29(24)39-8)14-17-33(4)16-10-15-31(20-32,21(2)3)22-12-13-26(36-5)27(18-22)37-6/h12-13,18-19,21H,9-11,14-17H2,1-8H3,(H,34,35). The Morgan fingerprint density at radius 3 is 2.15 bits per heavy atom. The second kappa shape index (κ2) is 14.6. The van der Waals surface area contributed by atoms with Gasteiger partial charge in [0.05, 0.1) is 45.5 Å². The predicted octanol–water partition coefficient (Wildman–Crippen LogP) is 5.74. The molecule has 0 aliphatic heterocycles. The zero-order chi connectivity index (χ0) is 29.2. The molecule has 0 bridgehead atoms. The fourth-order valence-corrected chi connectivity index (χ4v) is 5.27. The van der Waals surface area contributed by atoms with Crippen molar-refractivity contribution in [3.8, 4) is 29.1 Å². The first-order chi connectivity index (χ1) is 18.6.